The van der Waals surface area contributed by atoms with Gasteiger partial charge in [-0.25, -0.2) is 12.7 Å². The summed E-state index contributed by atoms with van der Waals surface area (Å²) in [5.74, 6) is 0.252. The first-order chi connectivity index (χ1) is 8.74. The van der Waals surface area contributed by atoms with Gasteiger partial charge in [0.05, 0.1) is 11.9 Å². The van der Waals surface area contributed by atoms with Gasteiger partial charge < -0.3 is 10.4 Å². The second-order valence-electron chi connectivity index (χ2n) is 6.01. The van der Waals surface area contributed by atoms with Gasteiger partial charge in [0.2, 0.25) is 10.0 Å². The van der Waals surface area contributed by atoms with E-state index < -0.39 is 15.6 Å². The van der Waals surface area contributed by atoms with Crippen LogP contribution in [-0.4, -0.2) is 55.9 Å². The van der Waals surface area contributed by atoms with Crippen molar-refractivity contribution >= 4 is 10.0 Å². The molecule has 1 aliphatic rings. The molecule has 1 saturated heterocycles. The molecule has 2 atom stereocenters. The first kappa shape index (κ1) is 16.9. The molecular weight excluding hydrogens is 264 g/mol. The first-order valence-corrected chi connectivity index (χ1v) is 8.97. The number of sulfonamides is 1. The number of rotatable bonds is 7. The highest BCUT2D eigenvalue weighted by Gasteiger charge is 2.31. The van der Waals surface area contributed by atoms with E-state index in [4.69, 9.17) is 0 Å². The number of aliphatic hydroxyl groups is 1. The molecule has 0 aromatic heterocycles. The summed E-state index contributed by atoms with van der Waals surface area (Å²) in [5, 5.41) is 13.6. The third-order valence-electron chi connectivity index (χ3n) is 3.61. The third kappa shape index (κ3) is 6.21. The van der Waals surface area contributed by atoms with Crippen LogP contribution in [0, 0.1) is 5.92 Å². The average Bonchev–Trinajstić information content (AvgIpc) is 2.27. The summed E-state index contributed by atoms with van der Waals surface area (Å²) < 4.78 is 24.7. The zero-order valence-corrected chi connectivity index (χ0v) is 13.2. The van der Waals surface area contributed by atoms with E-state index in [0.29, 0.717) is 26.1 Å². The molecule has 0 saturated carbocycles. The van der Waals surface area contributed by atoms with Gasteiger partial charge in [0.15, 0.2) is 0 Å². The fraction of sp³-hybridized carbons (Fsp3) is 1.00. The van der Waals surface area contributed by atoms with Crippen molar-refractivity contribution in [2.75, 3.05) is 32.4 Å². The van der Waals surface area contributed by atoms with Gasteiger partial charge >= 0.3 is 0 Å². The molecule has 0 radical (unpaired) electrons. The monoisotopic (exact) mass is 292 g/mol. The maximum absolute atomic E-state index is 11.6. The summed E-state index contributed by atoms with van der Waals surface area (Å²) >= 11 is 0. The van der Waals surface area contributed by atoms with Gasteiger partial charge in [-0.05, 0) is 45.1 Å². The molecule has 0 aromatic rings. The van der Waals surface area contributed by atoms with Crippen LogP contribution in [0.15, 0.2) is 0 Å². The first-order valence-electron chi connectivity index (χ1n) is 7.13. The van der Waals surface area contributed by atoms with Crippen LogP contribution in [0.2, 0.25) is 0 Å². The molecule has 0 aromatic carbocycles. The lowest BCUT2D eigenvalue weighted by Crippen LogP contribution is -2.45. The van der Waals surface area contributed by atoms with E-state index in [1.54, 1.807) is 0 Å². The van der Waals surface area contributed by atoms with Crippen molar-refractivity contribution in [2.45, 2.75) is 45.1 Å². The number of nitrogens with zero attached hydrogens (tertiary/aromatic N) is 1. The van der Waals surface area contributed by atoms with Crippen molar-refractivity contribution in [3.63, 3.8) is 0 Å². The molecule has 19 heavy (non-hydrogen) atoms. The fourth-order valence-corrected chi connectivity index (χ4v) is 3.67. The molecule has 5 nitrogen and oxygen atoms in total. The van der Waals surface area contributed by atoms with Crippen molar-refractivity contribution in [3.05, 3.63) is 0 Å². The number of piperidine rings is 1. The van der Waals surface area contributed by atoms with Crippen molar-refractivity contribution < 1.29 is 13.5 Å². The van der Waals surface area contributed by atoms with E-state index in [1.807, 2.05) is 6.92 Å². The Morgan fingerprint density at radius 3 is 2.74 bits per heavy atom. The Bertz CT molecular complexity index is 368. The van der Waals surface area contributed by atoms with Gasteiger partial charge in [-0.3, -0.25) is 0 Å². The lowest BCUT2D eigenvalue weighted by Gasteiger charge is -2.35. The van der Waals surface area contributed by atoms with Crippen molar-refractivity contribution in [3.8, 4) is 0 Å². The summed E-state index contributed by atoms with van der Waals surface area (Å²) in [5.41, 5.74) is -0.764. The molecule has 6 heteroatoms. The van der Waals surface area contributed by atoms with Crippen LogP contribution in [0.5, 0.6) is 0 Å². The molecule has 2 N–H and O–H groups in total. The van der Waals surface area contributed by atoms with Gasteiger partial charge in [-0.1, -0.05) is 6.92 Å². The summed E-state index contributed by atoms with van der Waals surface area (Å²) in [4.78, 5) is 0. The molecular formula is C13H28N2O3S. The van der Waals surface area contributed by atoms with E-state index in [1.165, 1.54) is 10.6 Å². The average molecular weight is 292 g/mol. The highest BCUT2D eigenvalue weighted by molar-refractivity contribution is 7.88. The maximum Gasteiger partial charge on any atom is 0.211 e. The predicted octanol–water partition coefficient (Wildman–Crippen LogP) is 0.799. The Kier molecular flexibility index (Phi) is 6.23. The third-order valence-corrected chi connectivity index (χ3v) is 4.88. The van der Waals surface area contributed by atoms with Gasteiger partial charge in [0, 0.05) is 19.6 Å². The second-order valence-corrected chi connectivity index (χ2v) is 7.99. The smallest absolute Gasteiger partial charge is 0.211 e. The predicted molar refractivity (Wildman–Crippen MR) is 77.5 cm³/mol. The van der Waals surface area contributed by atoms with Gasteiger partial charge in [0.1, 0.15) is 0 Å². The van der Waals surface area contributed by atoms with E-state index in [9.17, 15) is 13.5 Å². The summed E-state index contributed by atoms with van der Waals surface area (Å²) in [6.45, 7) is 6.54. The minimum Gasteiger partial charge on any atom is -0.389 e. The molecule has 2 unspecified atom stereocenters. The molecule has 1 heterocycles. The van der Waals surface area contributed by atoms with E-state index in [0.717, 1.165) is 25.8 Å². The molecule has 1 fully saturated rings. The summed E-state index contributed by atoms with van der Waals surface area (Å²) in [7, 11) is -3.10. The number of nitrogens with one attached hydrogen (secondary N) is 1. The Balaban J connectivity index is 2.47. The van der Waals surface area contributed by atoms with Crippen molar-refractivity contribution in [1.29, 1.82) is 0 Å². The van der Waals surface area contributed by atoms with Crippen LogP contribution >= 0.6 is 0 Å². The second kappa shape index (κ2) is 7.02. The van der Waals surface area contributed by atoms with Crippen LogP contribution in [0.1, 0.15) is 39.5 Å². The zero-order valence-electron chi connectivity index (χ0n) is 12.4. The normalized spacial score (nSPS) is 25.2. The summed E-state index contributed by atoms with van der Waals surface area (Å²) in [6, 6.07) is 0. The van der Waals surface area contributed by atoms with Crippen molar-refractivity contribution in [2.24, 2.45) is 5.92 Å². The molecule has 1 aliphatic heterocycles. The van der Waals surface area contributed by atoms with Gasteiger partial charge in [-0.15, -0.1) is 0 Å². The van der Waals surface area contributed by atoms with Gasteiger partial charge in [-0.2, -0.15) is 0 Å². The van der Waals surface area contributed by atoms with Crippen LogP contribution in [0.25, 0.3) is 0 Å². The van der Waals surface area contributed by atoms with Crippen molar-refractivity contribution in [1.82, 2.24) is 9.62 Å². The number of hydrogen-bond donors (Lipinski definition) is 2. The van der Waals surface area contributed by atoms with Crippen LogP contribution in [-0.2, 0) is 10.0 Å². The highest BCUT2D eigenvalue weighted by atomic mass is 32.2. The Morgan fingerprint density at radius 2 is 2.16 bits per heavy atom. The van der Waals surface area contributed by atoms with Gasteiger partial charge in [0.25, 0.3) is 0 Å². The molecule has 0 aliphatic carbocycles. The Hall–Kier alpha value is -0.170. The van der Waals surface area contributed by atoms with Crippen LogP contribution in [0.4, 0.5) is 0 Å². The lowest BCUT2D eigenvalue weighted by atomic mass is 9.87. The van der Waals surface area contributed by atoms with E-state index in [-0.39, 0.29) is 5.92 Å². The largest absolute Gasteiger partial charge is 0.389 e. The van der Waals surface area contributed by atoms with E-state index in [2.05, 4.69) is 12.2 Å². The molecule has 0 spiro atoms. The van der Waals surface area contributed by atoms with E-state index >= 15 is 0 Å². The number of hydrogen-bond acceptors (Lipinski definition) is 4. The molecule has 0 bridgehead atoms. The SMILES string of the molecule is CCCNCC(C)(O)CC1CCCN(S(C)(=O)=O)C1. The Morgan fingerprint density at radius 1 is 1.47 bits per heavy atom. The van der Waals surface area contributed by atoms with Crippen LogP contribution < -0.4 is 5.32 Å². The minimum atomic E-state index is -3.10. The molecule has 1 rings (SSSR count). The summed E-state index contributed by atoms with van der Waals surface area (Å²) in [6.07, 6.45) is 4.83. The molecule has 0 amide bonds. The fourth-order valence-electron chi connectivity index (χ4n) is 2.72. The highest BCUT2D eigenvalue weighted by Crippen LogP contribution is 2.26. The maximum atomic E-state index is 11.6. The quantitative estimate of drug-likeness (QED) is 0.681. The Labute approximate surface area is 117 Å². The van der Waals surface area contributed by atoms with Crippen LogP contribution in [0.3, 0.4) is 0 Å². The lowest BCUT2D eigenvalue weighted by molar-refractivity contribution is 0.0255. The minimum absolute atomic E-state index is 0.252. The topological polar surface area (TPSA) is 69.6 Å². The standard InChI is InChI=1S/C13H28N2O3S/c1-4-7-14-11-13(2,16)9-12-6-5-8-15(10-12)19(3,17)18/h12,14,16H,4-11H2,1-3H3. The molecule has 114 valence electrons. The zero-order chi connectivity index (χ0) is 14.5.